The molecule has 8 heteroatoms. The van der Waals surface area contributed by atoms with Crippen molar-refractivity contribution < 1.29 is 4.79 Å². The maximum absolute atomic E-state index is 12.9. The Morgan fingerprint density at radius 1 is 1.11 bits per heavy atom. The van der Waals surface area contributed by atoms with Crippen molar-refractivity contribution in [2.24, 2.45) is 0 Å². The first-order valence-corrected chi connectivity index (χ1v) is 10.1. The van der Waals surface area contributed by atoms with Crippen molar-refractivity contribution in [1.82, 2.24) is 19.4 Å². The van der Waals surface area contributed by atoms with E-state index in [1.807, 2.05) is 58.4 Å². The molecule has 0 aliphatic rings. The summed E-state index contributed by atoms with van der Waals surface area (Å²) in [4.78, 5) is 27.1. The highest BCUT2D eigenvalue weighted by Gasteiger charge is 2.15. The summed E-state index contributed by atoms with van der Waals surface area (Å²) in [6.45, 7) is 0. The summed E-state index contributed by atoms with van der Waals surface area (Å²) in [5, 5.41) is 5.68. The highest BCUT2D eigenvalue weighted by Crippen LogP contribution is 2.28. The molecule has 0 aromatic carbocycles. The number of fused-ring (bicyclic) bond motifs is 2. The number of pyridine rings is 2. The number of rotatable bonds is 3. The van der Waals surface area contributed by atoms with Crippen LogP contribution in [0.2, 0.25) is 0 Å². The molecule has 6 nitrogen and oxygen atoms in total. The second-order valence-corrected chi connectivity index (χ2v) is 7.92. The molecule has 0 atom stereocenters. The zero-order valence-electron chi connectivity index (χ0n) is 14.3. The lowest BCUT2D eigenvalue weighted by atomic mass is 10.3. The van der Waals surface area contributed by atoms with Gasteiger partial charge in [0, 0.05) is 28.6 Å². The normalized spacial score (nSPS) is 11.2. The smallest absolute Gasteiger partial charge is 0.258 e. The van der Waals surface area contributed by atoms with E-state index in [9.17, 15) is 4.79 Å². The second-order valence-electron chi connectivity index (χ2n) is 6.11. The van der Waals surface area contributed by atoms with Crippen LogP contribution in [0.1, 0.15) is 10.4 Å². The average molecular weight is 450 g/mol. The molecule has 5 rings (SSSR count). The summed E-state index contributed by atoms with van der Waals surface area (Å²) in [6, 6.07) is 13.2. The van der Waals surface area contributed by atoms with Crippen LogP contribution in [0.25, 0.3) is 27.3 Å². The number of anilines is 1. The Morgan fingerprint density at radius 2 is 2.04 bits per heavy atom. The number of nitrogens with one attached hydrogen (secondary N) is 1. The number of nitrogens with zero attached hydrogens (tertiary/aromatic N) is 4. The SMILES string of the molecule is O=C(Nc1nc(-c2ccccn2)nc2sccc12)c1cc2ccc(Br)cn2c1. The third-order valence-corrected chi connectivity index (χ3v) is 5.54. The van der Waals surface area contributed by atoms with Crippen molar-refractivity contribution in [1.29, 1.82) is 0 Å². The molecule has 0 aliphatic carbocycles. The van der Waals surface area contributed by atoms with Gasteiger partial charge in [-0.1, -0.05) is 6.07 Å². The lowest BCUT2D eigenvalue weighted by Gasteiger charge is -2.07. The second kappa shape index (κ2) is 6.81. The first-order valence-electron chi connectivity index (χ1n) is 8.43. The number of hydrogen-bond acceptors (Lipinski definition) is 5. The lowest BCUT2D eigenvalue weighted by molar-refractivity contribution is 0.102. The summed E-state index contributed by atoms with van der Waals surface area (Å²) in [5.41, 5.74) is 2.15. The highest BCUT2D eigenvalue weighted by atomic mass is 79.9. The fourth-order valence-corrected chi connectivity index (χ4v) is 4.06. The molecule has 5 aromatic rings. The Bertz CT molecular complexity index is 1330. The fraction of sp³-hybridized carbons (Fsp3) is 0. The van der Waals surface area contributed by atoms with E-state index < -0.39 is 0 Å². The minimum Gasteiger partial charge on any atom is -0.322 e. The Hall–Kier alpha value is -3.10. The van der Waals surface area contributed by atoms with E-state index in [4.69, 9.17) is 0 Å². The third-order valence-electron chi connectivity index (χ3n) is 4.27. The van der Waals surface area contributed by atoms with Crippen LogP contribution >= 0.6 is 27.3 Å². The Morgan fingerprint density at radius 3 is 2.89 bits per heavy atom. The van der Waals surface area contributed by atoms with E-state index in [0.29, 0.717) is 22.9 Å². The van der Waals surface area contributed by atoms with E-state index in [1.165, 1.54) is 11.3 Å². The molecule has 1 N–H and O–H groups in total. The Balaban J connectivity index is 1.54. The minimum absolute atomic E-state index is 0.224. The summed E-state index contributed by atoms with van der Waals surface area (Å²) in [6.07, 6.45) is 5.40. The summed E-state index contributed by atoms with van der Waals surface area (Å²) >= 11 is 4.94. The number of amides is 1. The van der Waals surface area contributed by atoms with E-state index in [0.717, 1.165) is 20.2 Å². The van der Waals surface area contributed by atoms with Crippen LogP contribution in [0.15, 0.2) is 70.9 Å². The van der Waals surface area contributed by atoms with Gasteiger partial charge in [0.25, 0.3) is 5.91 Å². The number of hydrogen-bond donors (Lipinski definition) is 1. The molecule has 0 radical (unpaired) electrons. The number of carbonyl (C=O) groups excluding carboxylic acids is 1. The molecule has 0 spiro atoms. The van der Waals surface area contributed by atoms with Gasteiger partial charge in [-0.2, -0.15) is 0 Å². The highest BCUT2D eigenvalue weighted by molar-refractivity contribution is 9.10. The van der Waals surface area contributed by atoms with Crippen LogP contribution in [0, 0.1) is 0 Å². The van der Waals surface area contributed by atoms with Crippen LogP contribution in [-0.2, 0) is 0 Å². The molecule has 28 heavy (non-hydrogen) atoms. The van der Waals surface area contributed by atoms with E-state index in [1.54, 1.807) is 12.4 Å². The predicted octanol–water partition coefficient (Wildman–Crippen LogP) is 5.02. The molecule has 5 aromatic heterocycles. The monoisotopic (exact) mass is 449 g/mol. The van der Waals surface area contributed by atoms with Crippen molar-refractivity contribution in [2.45, 2.75) is 0 Å². The molecule has 0 saturated carbocycles. The molecule has 0 unspecified atom stereocenters. The molecule has 0 bridgehead atoms. The molecule has 5 heterocycles. The first-order chi connectivity index (χ1) is 13.7. The number of thiophene rings is 1. The summed E-state index contributed by atoms with van der Waals surface area (Å²) in [7, 11) is 0. The maximum atomic E-state index is 12.9. The maximum Gasteiger partial charge on any atom is 0.258 e. The van der Waals surface area contributed by atoms with Gasteiger partial charge < -0.3 is 9.72 Å². The van der Waals surface area contributed by atoms with Crippen molar-refractivity contribution in [3.8, 4) is 11.5 Å². The van der Waals surface area contributed by atoms with Crippen LogP contribution in [0.4, 0.5) is 5.82 Å². The summed E-state index contributed by atoms with van der Waals surface area (Å²) < 4.78 is 2.84. The average Bonchev–Trinajstić information content (AvgIpc) is 3.35. The van der Waals surface area contributed by atoms with Crippen LogP contribution in [-0.4, -0.2) is 25.3 Å². The standard InChI is InChI=1S/C20H12BrN5OS/c21-13-4-5-14-9-12(10-26(14)11-13)19(27)24-17-15-6-8-28-20(15)25-18(23-17)16-3-1-2-7-22-16/h1-11H,(H,23,24,25,27). The van der Waals surface area contributed by atoms with Crippen molar-refractivity contribution in [2.75, 3.05) is 5.32 Å². The van der Waals surface area contributed by atoms with Gasteiger partial charge in [0.1, 0.15) is 16.3 Å². The van der Waals surface area contributed by atoms with Gasteiger partial charge in [0.05, 0.1) is 10.9 Å². The van der Waals surface area contributed by atoms with Crippen LogP contribution < -0.4 is 5.32 Å². The molecule has 1 amide bonds. The Kier molecular flexibility index (Phi) is 4.14. The zero-order valence-corrected chi connectivity index (χ0v) is 16.7. The molecule has 0 aliphatic heterocycles. The van der Waals surface area contributed by atoms with Crippen LogP contribution in [0.5, 0.6) is 0 Å². The molecular formula is C20H12BrN5OS. The molecule has 136 valence electrons. The quantitative estimate of drug-likeness (QED) is 0.419. The van der Waals surface area contributed by atoms with Crippen molar-refractivity contribution >= 4 is 54.7 Å². The van der Waals surface area contributed by atoms with E-state index >= 15 is 0 Å². The number of halogens is 1. The van der Waals surface area contributed by atoms with E-state index in [2.05, 4.69) is 36.2 Å². The van der Waals surface area contributed by atoms with Crippen molar-refractivity contribution in [3.05, 3.63) is 76.5 Å². The van der Waals surface area contributed by atoms with Gasteiger partial charge in [0.2, 0.25) is 0 Å². The molecular weight excluding hydrogens is 438 g/mol. The van der Waals surface area contributed by atoms with Gasteiger partial charge in [0.15, 0.2) is 5.82 Å². The summed E-state index contributed by atoms with van der Waals surface area (Å²) in [5.74, 6) is 0.739. The number of carbonyl (C=O) groups is 1. The van der Waals surface area contributed by atoms with Crippen molar-refractivity contribution in [3.63, 3.8) is 0 Å². The van der Waals surface area contributed by atoms with Gasteiger partial charge in [-0.25, -0.2) is 9.97 Å². The topological polar surface area (TPSA) is 72.2 Å². The van der Waals surface area contributed by atoms with Crippen LogP contribution in [0.3, 0.4) is 0 Å². The lowest BCUT2D eigenvalue weighted by Crippen LogP contribution is -2.13. The van der Waals surface area contributed by atoms with Gasteiger partial charge in [-0.05, 0) is 57.7 Å². The third kappa shape index (κ3) is 3.06. The minimum atomic E-state index is -0.224. The molecule has 0 fully saturated rings. The fourth-order valence-electron chi connectivity index (χ4n) is 2.95. The molecule has 0 saturated heterocycles. The number of aromatic nitrogens is 4. The Labute approximate surface area is 172 Å². The first kappa shape index (κ1) is 17.0. The van der Waals surface area contributed by atoms with Gasteiger partial charge in [-0.3, -0.25) is 9.78 Å². The van der Waals surface area contributed by atoms with Gasteiger partial charge >= 0.3 is 0 Å². The van der Waals surface area contributed by atoms with Gasteiger partial charge in [-0.15, -0.1) is 11.3 Å². The largest absolute Gasteiger partial charge is 0.322 e. The predicted molar refractivity (Wildman–Crippen MR) is 114 cm³/mol. The zero-order chi connectivity index (χ0) is 19.1. The van der Waals surface area contributed by atoms with E-state index in [-0.39, 0.29) is 5.91 Å².